The molecule has 1 aromatic rings. The first-order chi connectivity index (χ1) is 8.54. The fourth-order valence-electron chi connectivity index (χ4n) is 1.26. The SMILES string of the molecule is CCOC(=O)CCN(C)c1nccc(C(N)=S)n1. The fourth-order valence-corrected chi connectivity index (χ4v) is 1.38. The predicted molar refractivity (Wildman–Crippen MR) is 72.4 cm³/mol. The molecular formula is C11H16N4O2S. The number of nitrogens with zero attached hydrogens (tertiary/aromatic N) is 3. The molecule has 0 aliphatic heterocycles. The average molecular weight is 268 g/mol. The second kappa shape index (κ2) is 6.85. The number of carbonyl (C=O) groups is 1. The zero-order valence-electron chi connectivity index (χ0n) is 10.4. The third-order valence-electron chi connectivity index (χ3n) is 2.19. The Balaban J connectivity index is 2.61. The van der Waals surface area contributed by atoms with Gasteiger partial charge in [-0.05, 0) is 13.0 Å². The monoisotopic (exact) mass is 268 g/mol. The van der Waals surface area contributed by atoms with Crippen LogP contribution in [0.1, 0.15) is 19.0 Å². The Morgan fingerprint density at radius 3 is 2.94 bits per heavy atom. The van der Waals surface area contributed by atoms with Gasteiger partial charge in [0.25, 0.3) is 0 Å². The minimum atomic E-state index is -0.241. The Morgan fingerprint density at radius 1 is 1.61 bits per heavy atom. The van der Waals surface area contributed by atoms with Crippen molar-refractivity contribution < 1.29 is 9.53 Å². The summed E-state index contributed by atoms with van der Waals surface area (Å²) in [6.07, 6.45) is 1.86. The first kappa shape index (κ1) is 14.3. The lowest BCUT2D eigenvalue weighted by Gasteiger charge is -2.16. The number of ether oxygens (including phenoxy) is 1. The second-order valence-electron chi connectivity index (χ2n) is 3.58. The van der Waals surface area contributed by atoms with Gasteiger partial charge in [-0.1, -0.05) is 12.2 Å². The van der Waals surface area contributed by atoms with Crippen molar-refractivity contribution in [2.45, 2.75) is 13.3 Å². The van der Waals surface area contributed by atoms with Crippen LogP contribution in [0.2, 0.25) is 0 Å². The van der Waals surface area contributed by atoms with Gasteiger partial charge in [-0.15, -0.1) is 0 Å². The number of carbonyl (C=O) groups excluding carboxylic acids is 1. The van der Waals surface area contributed by atoms with E-state index in [9.17, 15) is 4.79 Å². The first-order valence-electron chi connectivity index (χ1n) is 5.54. The Morgan fingerprint density at radius 2 is 2.33 bits per heavy atom. The van der Waals surface area contributed by atoms with E-state index in [4.69, 9.17) is 22.7 Å². The third-order valence-corrected chi connectivity index (χ3v) is 2.40. The summed E-state index contributed by atoms with van der Waals surface area (Å²) in [7, 11) is 1.79. The smallest absolute Gasteiger partial charge is 0.307 e. The number of nitrogens with two attached hydrogens (primary N) is 1. The zero-order chi connectivity index (χ0) is 13.5. The Bertz CT molecular complexity index is 439. The van der Waals surface area contributed by atoms with E-state index in [-0.39, 0.29) is 17.4 Å². The lowest BCUT2D eigenvalue weighted by atomic mass is 10.4. The summed E-state index contributed by atoms with van der Waals surface area (Å²) in [5.41, 5.74) is 6.01. The van der Waals surface area contributed by atoms with Gasteiger partial charge in [0.2, 0.25) is 5.95 Å². The number of hydrogen-bond donors (Lipinski definition) is 1. The van der Waals surface area contributed by atoms with Crippen molar-refractivity contribution in [3.8, 4) is 0 Å². The number of aromatic nitrogens is 2. The highest BCUT2D eigenvalue weighted by Gasteiger charge is 2.09. The van der Waals surface area contributed by atoms with Crippen molar-refractivity contribution >= 4 is 29.1 Å². The minimum absolute atomic E-state index is 0.220. The summed E-state index contributed by atoms with van der Waals surface area (Å²) >= 11 is 4.84. The Hall–Kier alpha value is -1.76. The van der Waals surface area contributed by atoms with Gasteiger partial charge in [0, 0.05) is 19.8 Å². The molecule has 0 unspecified atom stereocenters. The summed E-state index contributed by atoms with van der Waals surface area (Å²) in [5, 5.41) is 0. The van der Waals surface area contributed by atoms with E-state index < -0.39 is 0 Å². The van der Waals surface area contributed by atoms with E-state index in [0.29, 0.717) is 24.8 Å². The maximum Gasteiger partial charge on any atom is 0.307 e. The average Bonchev–Trinajstić information content (AvgIpc) is 2.36. The number of hydrogen-bond acceptors (Lipinski definition) is 6. The van der Waals surface area contributed by atoms with Crippen LogP contribution in [0.25, 0.3) is 0 Å². The molecule has 0 spiro atoms. The van der Waals surface area contributed by atoms with Gasteiger partial charge in [0.05, 0.1) is 13.0 Å². The zero-order valence-corrected chi connectivity index (χ0v) is 11.2. The van der Waals surface area contributed by atoms with Crippen LogP contribution in [-0.4, -0.2) is 41.1 Å². The topological polar surface area (TPSA) is 81.3 Å². The molecule has 1 rings (SSSR count). The first-order valence-corrected chi connectivity index (χ1v) is 5.95. The number of esters is 1. The van der Waals surface area contributed by atoms with E-state index in [1.54, 1.807) is 31.1 Å². The van der Waals surface area contributed by atoms with E-state index >= 15 is 0 Å². The molecule has 1 heterocycles. The predicted octanol–water partition coefficient (Wildman–Crippen LogP) is 0.500. The normalized spacial score (nSPS) is 9.89. The molecule has 0 amide bonds. The third kappa shape index (κ3) is 4.25. The van der Waals surface area contributed by atoms with Crippen LogP contribution in [0.4, 0.5) is 5.95 Å². The summed E-state index contributed by atoms with van der Waals surface area (Å²) in [4.78, 5) is 21.5. The van der Waals surface area contributed by atoms with Crippen LogP contribution in [0.3, 0.4) is 0 Å². The fraction of sp³-hybridized carbons (Fsp3) is 0.455. The van der Waals surface area contributed by atoms with Crippen LogP contribution >= 0.6 is 12.2 Å². The van der Waals surface area contributed by atoms with E-state index in [1.807, 2.05) is 0 Å². The molecule has 0 saturated carbocycles. The molecule has 0 fully saturated rings. The van der Waals surface area contributed by atoms with Crippen molar-refractivity contribution in [2.24, 2.45) is 5.73 Å². The maximum absolute atomic E-state index is 11.2. The van der Waals surface area contributed by atoms with Gasteiger partial charge in [0.15, 0.2) is 0 Å². The van der Waals surface area contributed by atoms with Crippen LogP contribution in [0, 0.1) is 0 Å². The molecule has 7 heteroatoms. The minimum Gasteiger partial charge on any atom is -0.466 e. The van der Waals surface area contributed by atoms with Gasteiger partial charge in [-0.25, -0.2) is 9.97 Å². The quantitative estimate of drug-likeness (QED) is 0.594. The number of rotatable bonds is 6. The highest BCUT2D eigenvalue weighted by atomic mass is 32.1. The Kier molecular flexibility index (Phi) is 5.44. The lowest BCUT2D eigenvalue weighted by Crippen LogP contribution is -2.25. The second-order valence-corrected chi connectivity index (χ2v) is 4.02. The molecular weight excluding hydrogens is 252 g/mol. The molecule has 0 saturated heterocycles. The molecule has 98 valence electrons. The molecule has 0 aromatic carbocycles. The summed E-state index contributed by atoms with van der Waals surface area (Å²) in [6, 6.07) is 1.64. The number of thiocarbonyl (C=S) groups is 1. The van der Waals surface area contributed by atoms with Crippen LogP contribution in [-0.2, 0) is 9.53 Å². The molecule has 6 nitrogen and oxygen atoms in total. The van der Waals surface area contributed by atoms with Crippen LogP contribution < -0.4 is 10.6 Å². The van der Waals surface area contributed by atoms with Crippen molar-refractivity contribution in [2.75, 3.05) is 25.1 Å². The summed E-state index contributed by atoms with van der Waals surface area (Å²) in [5.74, 6) is 0.236. The van der Waals surface area contributed by atoms with Crippen molar-refractivity contribution in [3.63, 3.8) is 0 Å². The highest BCUT2D eigenvalue weighted by molar-refractivity contribution is 7.80. The molecule has 0 aliphatic rings. The van der Waals surface area contributed by atoms with Crippen molar-refractivity contribution in [1.29, 1.82) is 0 Å². The largest absolute Gasteiger partial charge is 0.466 e. The summed E-state index contributed by atoms with van der Waals surface area (Å²) in [6.45, 7) is 2.63. The molecule has 2 N–H and O–H groups in total. The van der Waals surface area contributed by atoms with E-state index in [2.05, 4.69) is 9.97 Å². The van der Waals surface area contributed by atoms with Crippen LogP contribution in [0.5, 0.6) is 0 Å². The molecule has 0 bridgehead atoms. The highest BCUT2D eigenvalue weighted by Crippen LogP contribution is 2.06. The van der Waals surface area contributed by atoms with Gasteiger partial charge < -0.3 is 15.4 Å². The van der Waals surface area contributed by atoms with Crippen molar-refractivity contribution in [3.05, 3.63) is 18.0 Å². The van der Waals surface area contributed by atoms with Crippen molar-refractivity contribution in [1.82, 2.24) is 9.97 Å². The summed E-state index contributed by atoms with van der Waals surface area (Å²) < 4.78 is 4.84. The van der Waals surface area contributed by atoms with Gasteiger partial charge in [-0.3, -0.25) is 4.79 Å². The molecule has 0 atom stereocenters. The molecule has 0 radical (unpaired) electrons. The molecule has 18 heavy (non-hydrogen) atoms. The van der Waals surface area contributed by atoms with E-state index in [1.165, 1.54) is 0 Å². The lowest BCUT2D eigenvalue weighted by molar-refractivity contribution is -0.142. The van der Waals surface area contributed by atoms with Crippen LogP contribution in [0.15, 0.2) is 12.3 Å². The molecule has 0 aliphatic carbocycles. The van der Waals surface area contributed by atoms with E-state index in [0.717, 1.165) is 0 Å². The number of anilines is 1. The maximum atomic E-state index is 11.2. The van der Waals surface area contributed by atoms with Gasteiger partial charge >= 0.3 is 5.97 Å². The van der Waals surface area contributed by atoms with Gasteiger partial charge in [-0.2, -0.15) is 0 Å². The Labute approximate surface area is 111 Å². The van der Waals surface area contributed by atoms with Gasteiger partial charge in [0.1, 0.15) is 10.7 Å². The molecule has 1 aromatic heterocycles. The standard InChI is InChI=1S/C11H16N4O2S/c1-3-17-9(16)5-7-15(2)11-13-6-4-8(14-11)10(12)18/h4,6H,3,5,7H2,1-2H3,(H2,12,18).